The maximum atomic E-state index is 11.0. The predicted molar refractivity (Wildman–Crippen MR) is 176 cm³/mol. The van der Waals surface area contributed by atoms with Gasteiger partial charge in [0.15, 0.2) is 0 Å². The summed E-state index contributed by atoms with van der Waals surface area (Å²) in [5.41, 5.74) is -2.09. The van der Waals surface area contributed by atoms with E-state index in [-0.39, 0.29) is 26.4 Å². The molecule has 3 N–H and O–H groups in total. The molecule has 2 atom stereocenters. The fourth-order valence-electron chi connectivity index (χ4n) is 4.79. The van der Waals surface area contributed by atoms with Crippen molar-refractivity contribution in [3.8, 4) is 11.5 Å². The number of ether oxygens (including phenoxy) is 9. The molecule has 12 nitrogen and oxygen atoms in total. The Kier molecular flexibility index (Phi) is 17.6. The van der Waals surface area contributed by atoms with Gasteiger partial charge in [-0.2, -0.15) is 0 Å². The van der Waals surface area contributed by atoms with Gasteiger partial charge in [0.25, 0.3) is 0 Å². The van der Waals surface area contributed by atoms with Crippen molar-refractivity contribution < 1.29 is 58.0 Å². The molecular weight excluding hydrogens is 612 g/mol. The topological polar surface area (TPSA) is 144 Å². The highest BCUT2D eigenvalue weighted by molar-refractivity contribution is 5.33. The fraction of sp³-hybridized carbons (Fsp3) is 0.657. The molecule has 0 spiro atoms. The van der Waals surface area contributed by atoms with Crippen molar-refractivity contribution in [3.63, 3.8) is 0 Å². The molecule has 0 saturated carbocycles. The molecule has 0 amide bonds. The second-order valence-electron chi connectivity index (χ2n) is 12.0. The third-order valence-electron chi connectivity index (χ3n) is 7.71. The first-order chi connectivity index (χ1) is 22.3. The maximum Gasteiger partial charge on any atom is 0.224 e. The van der Waals surface area contributed by atoms with Crippen LogP contribution in [-0.4, -0.2) is 120 Å². The van der Waals surface area contributed by atoms with Crippen molar-refractivity contribution in [2.24, 2.45) is 0 Å². The van der Waals surface area contributed by atoms with Crippen LogP contribution in [0.5, 0.6) is 11.5 Å². The summed E-state index contributed by atoms with van der Waals surface area (Å²) in [6.45, 7) is 12.2. The number of aliphatic hydroxyl groups excluding tert-OH is 1. The van der Waals surface area contributed by atoms with Crippen molar-refractivity contribution in [3.05, 3.63) is 59.7 Å². The van der Waals surface area contributed by atoms with Crippen molar-refractivity contribution in [1.82, 2.24) is 0 Å². The first-order valence-electron chi connectivity index (χ1n) is 15.9. The summed E-state index contributed by atoms with van der Waals surface area (Å²) >= 11 is 0. The fourth-order valence-corrected chi connectivity index (χ4v) is 4.79. The van der Waals surface area contributed by atoms with E-state index < -0.39 is 22.6 Å². The molecule has 0 aliphatic heterocycles. The van der Waals surface area contributed by atoms with E-state index in [4.69, 9.17) is 47.7 Å². The van der Waals surface area contributed by atoms with E-state index in [0.29, 0.717) is 69.9 Å². The van der Waals surface area contributed by atoms with Crippen molar-refractivity contribution in [2.75, 3.05) is 93.5 Å². The summed E-state index contributed by atoms with van der Waals surface area (Å²) in [4.78, 5) is 0. The van der Waals surface area contributed by atoms with E-state index in [1.807, 2.05) is 31.2 Å². The van der Waals surface area contributed by atoms with Crippen LogP contribution in [0.25, 0.3) is 0 Å². The zero-order valence-corrected chi connectivity index (χ0v) is 29.1. The minimum Gasteiger partial charge on any atom is -0.491 e. The summed E-state index contributed by atoms with van der Waals surface area (Å²) < 4.78 is 50.9. The number of hydrogen-bond donors (Lipinski definition) is 3. The van der Waals surface area contributed by atoms with Gasteiger partial charge in [0.1, 0.15) is 35.9 Å². The lowest BCUT2D eigenvalue weighted by molar-refractivity contribution is -0.315. The highest BCUT2D eigenvalue weighted by Crippen LogP contribution is 2.39. The quantitative estimate of drug-likeness (QED) is 0.0999. The third kappa shape index (κ3) is 12.6. The monoisotopic (exact) mass is 668 g/mol. The molecule has 2 rings (SSSR count). The number of aliphatic hydroxyl groups is 3. The Morgan fingerprint density at radius 3 is 1.40 bits per heavy atom. The molecule has 2 aromatic carbocycles. The van der Waals surface area contributed by atoms with E-state index in [2.05, 4.69) is 0 Å². The molecule has 12 heteroatoms. The van der Waals surface area contributed by atoms with Crippen LogP contribution in [0, 0.1) is 0 Å². The van der Waals surface area contributed by atoms with Gasteiger partial charge in [-0.25, -0.2) is 0 Å². The van der Waals surface area contributed by atoms with Gasteiger partial charge in [-0.05, 0) is 76.6 Å². The van der Waals surface area contributed by atoms with E-state index >= 15 is 0 Å². The van der Waals surface area contributed by atoms with Crippen molar-refractivity contribution in [1.29, 1.82) is 0 Å². The Balaban J connectivity index is 1.84. The third-order valence-corrected chi connectivity index (χ3v) is 7.71. The van der Waals surface area contributed by atoms with Crippen LogP contribution < -0.4 is 9.47 Å². The summed E-state index contributed by atoms with van der Waals surface area (Å²) in [7, 11) is 3.10. The minimum absolute atomic E-state index is 0.0336. The SMILES string of the molecule is COCCOCCOC(C)(c1ccc(OCCOCCOC(OC)(c2ccc(OCCOCCO)cc2)C(C)(C)O)cc1)C(C)(C)O. The summed E-state index contributed by atoms with van der Waals surface area (Å²) in [6, 6.07) is 14.5. The van der Waals surface area contributed by atoms with Crippen molar-refractivity contribution in [2.45, 2.75) is 57.2 Å². The first-order valence-corrected chi connectivity index (χ1v) is 15.9. The van der Waals surface area contributed by atoms with Gasteiger partial charge in [-0.15, -0.1) is 0 Å². The molecule has 0 heterocycles. The van der Waals surface area contributed by atoms with Crippen molar-refractivity contribution >= 4 is 0 Å². The lowest BCUT2D eigenvalue weighted by Gasteiger charge is -2.42. The summed E-state index contributed by atoms with van der Waals surface area (Å²) in [6.07, 6.45) is 0. The highest BCUT2D eigenvalue weighted by Gasteiger charge is 2.47. The van der Waals surface area contributed by atoms with Gasteiger partial charge in [-0.3, -0.25) is 0 Å². The normalized spacial score (nSPS) is 14.9. The molecule has 0 fully saturated rings. The zero-order valence-electron chi connectivity index (χ0n) is 29.1. The average Bonchev–Trinajstić information content (AvgIpc) is 3.03. The standard InChI is InChI=1S/C35H56O12/c1-32(2,37)34(5,46-26-22-42-19-18-39-6)28-8-12-30(13-9-28)45-25-21-43-23-27-47-35(40-7,33(3,4)38)29-10-14-31(15-11-29)44-24-20-41-17-16-36/h8-15,36-38H,16-27H2,1-7H3. The molecule has 0 bridgehead atoms. The van der Waals surface area contributed by atoms with Gasteiger partial charge < -0.3 is 58.0 Å². The van der Waals surface area contributed by atoms with Gasteiger partial charge >= 0.3 is 0 Å². The first kappa shape index (κ1) is 40.8. The van der Waals surface area contributed by atoms with Crippen LogP contribution in [0.1, 0.15) is 45.7 Å². The summed E-state index contributed by atoms with van der Waals surface area (Å²) in [5.74, 6) is -0.172. The van der Waals surface area contributed by atoms with Crippen LogP contribution in [0.15, 0.2) is 48.5 Å². The predicted octanol–water partition coefficient (Wildman–Crippen LogP) is 3.42. The average molecular weight is 669 g/mol. The van der Waals surface area contributed by atoms with Crippen LogP contribution in [0.4, 0.5) is 0 Å². The molecule has 0 saturated heterocycles. The maximum absolute atomic E-state index is 11.0. The van der Waals surface area contributed by atoms with E-state index in [1.165, 1.54) is 7.11 Å². The molecule has 0 aromatic heterocycles. The largest absolute Gasteiger partial charge is 0.491 e. The van der Waals surface area contributed by atoms with E-state index in [0.717, 1.165) is 5.56 Å². The van der Waals surface area contributed by atoms with Gasteiger partial charge in [-0.1, -0.05) is 12.1 Å². The number of hydrogen-bond acceptors (Lipinski definition) is 12. The molecule has 47 heavy (non-hydrogen) atoms. The van der Waals surface area contributed by atoms with Gasteiger partial charge in [0, 0.05) is 19.8 Å². The molecule has 0 aliphatic carbocycles. The number of benzene rings is 2. The lowest BCUT2D eigenvalue weighted by atomic mass is 9.81. The second-order valence-corrected chi connectivity index (χ2v) is 12.0. The van der Waals surface area contributed by atoms with Crippen LogP contribution in [0.3, 0.4) is 0 Å². The molecule has 2 unspecified atom stereocenters. The number of methoxy groups -OCH3 is 2. The second kappa shape index (κ2) is 20.2. The van der Waals surface area contributed by atoms with Crippen LogP contribution in [0.2, 0.25) is 0 Å². The van der Waals surface area contributed by atoms with E-state index in [9.17, 15) is 10.2 Å². The van der Waals surface area contributed by atoms with Crippen LogP contribution in [-0.2, 0) is 44.5 Å². The van der Waals surface area contributed by atoms with E-state index in [1.54, 1.807) is 59.1 Å². The molecule has 0 aliphatic rings. The van der Waals surface area contributed by atoms with Crippen LogP contribution >= 0.6 is 0 Å². The molecule has 2 aromatic rings. The highest BCUT2D eigenvalue weighted by atomic mass is 16.7. The Hall–Kier alpha value is -2.36. The molecule has 268 valence electrons. The Morgan fingerprint density at radius 1 is 0.511 bits per heavy atom. The minimum atomic E-state index is -1.45. The Morgan fingerprint density at radius 2 is 0.957 bits per heavy atom. The smallest absolute Gasteiger partial charge is 0.224 e. The molecular formula is C35H56O12. The lowest BCUT2D eigenvalue weighted by Crippen LogP contribution is -2.51. The zero-order chi connectivity index (χ0) is 34.8. The van der Waals surface area contributed by atoms with Gasteiger partial charge in [0.2, 0.25) is 5.79 Å². The van der Waals surface area contributed by atoms with Gasteiger partial charge in [0.05, 0.1) is 71.7 Å². The number of rotatable bonds is 26. The molecule has 0 radical (unpaired) electrons. The Labute approximate surface area is 279 Å². The summed E-state index contributed by atoms with van der Waals surface area (Å²) in [5, 5.41) is 30.7. The Bertz CT molecular complexity index is 1100.